The van der Waals surface area contributed by atoms with Crippen LogP contribution in [-0.2, 0) is 0 Å². The summed E-state index contributed by atoms with van der Waals surface area (Å²) in [6.45, 7) is 4.37. The van der Waals surface area contributed by atoms with Gasteiger partial charge < -0.3 is 15.6 Å². The van der Waals surface area contributed by atoms with Crippen LogP contribution in [0, 0.1) is 12.7 Å². The van der Waals surface area contributed by atoms with Gasteiger partial charge in [-0.2, -0.15) is 0 Å². The SMILES string of the molecule is CCC(O)(CN)CCCOc1ccc(F)c(C)c1. The van der Waals surface area contributed by atoms with E-state index in [2.05, 4.69) is 0 Å². The molecule has 1 unspecified atom stereocenters. The summed E-state index contributed by atoms with van der Waals surface area (Å²) in [6.07, 6.45) is 1.97. The van der Waals surface area contributed by atoms with Crippen LogP contribution < -0.4 is 10.5 Å². The van der Waals surface area contributed by atoms with Crippen molar-refractivity contribution in [2.45, 2.75) is 38.7 Å². The maximum atomic E-state index is 13.0. The van der Waals surface area contributed by atoms with Gasteiger partial charge in [0.25, 0.3) is 0 Å². The minimum absolute atomic E-state index is 0.231. The van der Waals surface area contributed by atoms with Crippen LogP contribution >= 0.6 is 0 Å². The van der Waals surface area contributed by atoms with Gasteiger partial charge in [0.15, 0.2) is 0 Å². The molecule has 3 nitrogen and oxygen atoms in total. The Morgan fingerprint density at radius 1 is 1.44 bits per heavy atom. The van der Waals surface area contributed by atoms with Crippen LogP contribution in [0.3, 0.4) is 0 Å². The number of ether oxygens (including phenoxy) is 1. The van der Waals surface area contributed by atoms with Crippen LogP contribution in [-0.4, -0.2) is 23.9 Å². The maximum absolute atomic E-state index is 13.0. The van der Waals surface area contributed by atoms with E-state index < -0.39 is 5.60 Å². The lowest BCUT2D eigenvalue weighted by Crippen LogP contribution is -2.37. The summed E-state index contributed by atoms with van der Waals surface area (Å²) in [5.41, 5.74) is 5.29. The molecule has 0 aliphatic rings. The zero-order valence-electron chi connectivity index (χ0n) is 11.1. The van der Waals surface area contributed by atoms with Crippen molar-refractivity contribution in [2.24, 2.45) is 5.73 Å². The Balaban J connectivity index is 2.36. The van der Waals surface area contributed by atoms with Gasteiger partial charge in [-0.25, -0.2) is 4.39 Å². The first-order valence-electron chi connectivity index (χ1n) is 6.32. The fraction of sp³-hybridized carbons (Fsp3) is 0.571. The molecule has 0 fully saturated rings. The number of benzene rings is 1. The molecule has 1 aromatic carbocycles. The van der Waals surface area contributed by atoms with E-state index in [4.69, 9.17) is 10.5 Å². The van der Waals surface area contributed by atoms with Gasteiger partial charge in [0.2, 0.25) is 0 Å². The standard InChI is InChI=1S/C14H22FNO2/c1-3-14(17,10-16)7-4-8-18-12-5-6-13(15)11(2)9-12/h5-6,9,17H,3-4,7-8,10,16H2,1-2H3. The van der Waals surface area contributed by atoms with E-state index in [1.54, 1.807) is 19.1 Å². The summed E-state index contributed by atoms with van der Waals surface area (Å²) in [6, 6.07) is 4.68. The predicted molar refractivity (Wildman–Crippen MR) is 70.2 cm³/mol. The summed E-state index contributed by atoms with van der Waals surface area (Å²) in [4.78, 5) is 0. The highest BCUT2D eigenvalue weighted by molar-refractivity contribution is 5.28. The van der Waals surface area contributed by atoms with Gasteiger partial charge in [0, 0.05) is 6.54 Å². The normalized spacial score (nSPS) is 14.3. The number of rotatable bonds is 7. The van der Waals surface area contributed by atoms with Crippen LogP contribution in [0.1, 0.15) is 31.7 Å². The summed E-state index contributed by atoms with van der Waals surface area (Å²) < 4.78 is 18.5. The summed E-state index contributed by atoms with van der Waals surface area (Å²) >= 11 is 0. The van der Waals surface area contributed by atoms with Gasteiger partial charge in [-0.05, 0) is 49.9 Å². The quantitative estimate of drug-likeness (QED) is 0.736. The number of aryl methyl sites for hydroxylation is 1. The minimum Gasteiger partial charge on any atom is -0.494 e. The highest BCUT2D eigenvalue weighted by atomic mass is 19.1. The highest BCUT2D eigenvalue weighted by Crippen LogP contribution is 2.18. The molecule has 0 spiro atoms. The van der Waals surface area contributed by atoms with Crippen LogP contribution in [0.4, 0.5) is 4.39 Å². The number of nitrogens with two attached hydrogens (primary N) is 1. The molecule has 0 saturated carbocycles. The first kappa shape index (κ1) is 14.9. The van der Waals surface area contributed by atoms with E-state index in [1.807, 2.05) is 6.92 Å². The molecule has 0 radical (unpaired) electrons. The fourth-order valence-corrected chi connectivity index (χ4v) is 1.72. The average Bonchev–Trinajstić information content (AvgIpc) is 2.38. The molecule has 1 aromatic rings. The molecule has 3 N–H and O–H groups in total. The van der Waals surface area contributed by atoms with Gasteiger partial charge in [0.1, 0.15) is 11.6 Å². The largest absolute Gasteiger partial charge is 0.494 e. The van der Waals surface area contributed by atoms with Crippen molar-refractivity contribution in [3.8, 4) is 5.75 Å². The molecule has 0 aliphatic heterocycles. The molecular weight excluding hydrogens is 233 g/mol. The van der Waals surface area contributed by atoms with Crippen molar-refractivity contribution in [3.05, 3.63) is 29.6 Å². The van der Waals surface area contributed by atoms with Gasteiger partial charge >= 0.3 is 0 Å². The molecule has 0 bridgehead atoms. The van der Waals surface area contributed by atoms with Crippen LogP contribution in [0.15, 0.2) is 18.2 Å². The Labute approximate surface area is 108 Å². The Bertz CT molecular complexity index is 378. The third kappa shape index (κ3) is 4.27. The number of aliphatic hydroxyl groups is 1. The molecule has 102 valence electrons. The summed E-state index contributed by atoms with van der Waals surface area (Å²) in [5.74, 6) is 0.424. The number of hydrogen-bond acceptors (Lipinski definition) is 3. The molecule has 0 amide bonds. The molecule has 0 saturated heterocycles. The van der Waals surface area contributed by atoms with Crippen molar-refractivity contribution in [1.82, 2.24) is 0 Å². The zero-order valence-corrected chi connectivity index (χ0v) is 11.1. The monoisotopic (exact) mass is 255 g/mol. The summed E-state index contributed by atoms with van der Waals surface area (Å²) in [5, 5.41) is 9.98. The highest BCUT2D eigenvalue weighted by Gasteiger charge is 2.21. The second-order valence-electron chi connectivity index (χ2n) is 4.65. The first-order valence-corrected chi connectivity index (χ1v) is 6.32. The van der Waals surface area contributed by atoms with E-state index in [0.29, 0.717) is 30.8 Å². The average molecular weight is 255 g/mol. The Hall–Kier alpha value is -1.13. The Kier molecular flexibility index (Phi) is 5.56. The van der Waals surface area contributed by atoms with Crippen molar-refractivity contribution >= 4 is 0 Å². The van der Waals surface area contributed by atoms with Crippen LogP contribution in [0.25, 0.3) is 0 Å². The second-order valence-corrected chi connectivity index (χ2v) is 4.65. The topological polar surface area (TPSA) is 55.5 Å². The van der Waals surface area contributed by atoms with E-state index in [-0.39, 0.29) is 12.4 Å². The number of halogens is 1. The summed E-state index contributed by atoms with van der Waals surface area (Å²) in [7, 11) is 0. The van der Waals surface area contributed by atoms with Gasteiger partial charge in [-0.1, -0.05) is 6.92 Å². The van der Waals surface area contributed by atoms with Crippen LogP contribution in [0.5, 0.6) is 5.75 Å². The van der Waals surface area contributed by atoms with Crippen molar-refractivity contribution in [1.29, 1.82) is 0 Å². The molecule has 0 heterocycles. The van der Waals surface area contributed by atoms with Gasteiger partial charge in [0.05, 0.1) is 12.2 Å². The minimum atomic E-state index is -0.790. The van der Waals surface area contributed by atoms with Crippen LogP contribution in [0.2, 0.25) is 0 Å². The van der Waals surface area contributed by atoms with Crippen molar-refractivity contribution in [2.75, 3.05) is 13.2 Å². The van der Waals surface area contributed by atoms with E-state index in [1.165, 1.54) is 6.07 Å². The molecular formula is C14H22FNO2. The smallest absolute Gasteiger partial charge is 0.126 e. The second kappa shape index (κ2) is 6.71. The molecule has 1 rings (SSSR count). The van der Waals surface area contributed by atoms with Crippen molar-refractivity contribution in [3.63, 3.8) is 0 Å². The lowest BCUT2D eigenvalue weighted by atomic mass is 9.95. The lowest BCUT2D eigenvalue weighted by Gasteiger charge is -2.24. The number of hydrogen-bond donors (Lipinski definition) is 2. The third-order valence-corrected chi connectivity index (χ3v) is 3.22. The fourth-order valence-electron chi connectivity index (χ4n) is 1.72. The van der Waals surface area contributed by atoms with Crippen molar-refractivity contribution < 1.29 is 14.2 Å². The first-order chi connectivity index (χ1) is 8.50. The zero-order chi connectivity index (χ0) is 13.6. The molecule has 1 atom stereocenters. The third-order valence-electron chi connectivity index (χ3n) is 3.22. The predicted octanol–water partition coefficient (Wildman–Crippen LogP) is 2.39. The molecule has 0 aromatic heterocycles. The Morgan fingerprint density at radius 2 is 2.17 bits per heavy atom. The van der Waals surface area contributed by atoms with Gasteiger partial charge in [-0.3, -0.25) is 0 Å². The molecule has 0 aliphatic carbocycles. The van der Waals surface area contributed by atoms with Gasteiger partial charge in [-0.15, -0.1) is 0 Å². The lowest BCUT2D eigenvalue weighted by molar-refractivity contribution is 0.0309. The Morgan fingerprint density at radius 3 is 2.72 bits per heavy atom. The van der Waals surface area contributed by atoms with E-state index in [0.717, 1.165) is 6.42 Å². The van der Waals surface area contributed by atoms with E-state index >= 15 is 0 Å². The molecule has 4 heteroatoms. The van der Waals surface area contributed by atoms with E-state index in [9.17, 15) is 9.50 Å². The maximum Gasteiger partial charge on any atom is 0.126 e. The molecule has 18 heavy (non-hydrogen) atoms.